The van der Waals surface area contributed by atoms with Gasteiger partial charge in [0.25, 0.3) is 0 Å². The predicted molar refractivity (Wildman–Crippen MR) is 77.1 cm³/mol. The predicted octanol–water partition coefficient (Wildman–Crippen LogP) is 2.43. The lowest BCUT2D eigenvalue weighted by molar-refractivity contribution is -0.153. The molecule has 1 aliphatic rings. The molecule has 0 aromatic heterocycles. The van der Waals surface area contributed by atoms with Crippen molar-refractivity contribution in [2.75, 3.05) is 13.7 Å². The summed E-state index contributed by atoms with van der Waals surface area (Å²) in [5.74, 6) is -0.598. The molecule has 1 aromatic rings. The van der Waals surface area contributed by atoms with E-state index in [4.69, 9.17) is 4.74 Å². The third-order valence-electron chi connectivity index (χ3n) is 3.29. The number of nitrogens with one attached hydrogen (secondary N) is 2. The zero-order chi connectivity index (χ0) is 17.9. The summed E-state index contributed by atoms with van der Waals surface area (Å²) in [5.41, 5.74) is 1.05. The first-order valence-electron chi connectivity index (χ1n) is 6.87. The van der Waals surface area contributed by atoms with E-state index in [0.29, 0.717) is 11.3 Å². The van der Waals surface area contributed by atoms with Crippen LogP contribution in [-0.4, -0.2) is 31.9 Å². The molecule has 1 aliphatic heterocycles. The largest absolute Gasteiger partial charge is 0.484 e. The van der Waals surface area contributed by atoms with Crippen LogP contribution in [0.15, 0.2) is 35.5 Å². The van der Waals surface area contributed by atoms with Gasteiger partial charge in [-0.25, -0.2) is 9.59 Å². The number of methoxy groups -OCH3 is 1. The molecule has 0 saturated carbocycles. The summed E-state index contributed by atoms with van der Waals surface area (Å²) in [5, 5.41) is 5.05. The highest BCUT2D eigenvalue weighted by molar-refractivity contribution is 5.94. The third kappa shape index (κ3) is 4.18. The Kier molecular flexibility index (Phi) is 5.01. The highest BCUT2D eigenvalue weighted by Crippen LogP contribution is 2.29. The number of esters is 1. The van der Waals surface area contributed by atoms with Gasteiger partial charge in [-0.05, 0) is 24.6 Å². The Morgan fingerprint density at radius 2 is 1.88 bits per heavy atom. The fourth-order valence-corrected chi connectivity index (χ4v) is 2.25. The number of urea groups is 1. The normalized spacial score (nSPS) is 17.9. The van der Waals surface area contributed by atoms with Gasteiger partial charge in [0.1, 0.15) is 5.75 Å². The van der Waals surface area contributed by atoms with Crippen molar-refractivity contribution in [1.82, 2.24) is 10.6 Å². The van der Waals surface area contributed by atoms with Crippen LogP contribution in [0.25, 0.3) is 0 Å². The summed E-state index contributed by atoms with van der Waals surface area (Å²) in [7, 11) is 1.21. The number of alkyl halides is 3. The molecule has 9 heteroatoms. The average Bonchev–Trinajstić information content (AvgIpc) is 2.51. The van der Waals surface area contributed by atoms with E-state index in [1.807, 2.05) is 0 Å². The Morgan fingerprint density at radius 1 is 1.25 bits per heavy atom. The molecule has 2 N–H and O–H groups in total. The van der Waals surface area contributed by atoms with Gasteiger partial charge in [-0.1, -0.05) is 12.1 Å². The van der Waals surface area contributed by atoms with Crippen LogP contribution < -0.4 is 15.4 Å². The summed E-state index contributed by atoms with van der Waals surface area (Å²) in [6.07, 6.45) is -4.43. The Morgan fingerprint density at radius 3 is 2.42 bits per heavy atom. The maximum absolute atomic E-state index is 12.1. The highest BCUT2D eigenvalue weighted by atomic mass is 19.4. The Bertz CT molecular complexity index is 668. The second kappa shape index (κ2) is 6.81. The number of amides is 2. The van der Waals surface area contributed by atoms with Crippen molar-refractivity contribution in [2.24, 2.45) is 0 Å². The number of ether oxygens (including phenoxy) is 2. The lowest BCUT2D eigenvalue weighted by atomic mass is 9.95. The molecule has 1 aromatic carbocycles. The quantitative estimate of drug-likeness (QED) is 0.823. The molecule has 0 unspecified atom stereocenters. The number of carbonyl (C=O) groups is 2. The van der Waals surface area contributed by atoms with Crippen molar-refractivity contribution in [3.05, 3.63) is 41.1 Å². The number of rotatable bonds is 4. The second-order valence-corrected chi connectivity index (χ2v) is 5.03. The van der Waals surface area contributed by atoms with Gasteiger partial charge in [-0.3, -0.25) is 0 Å². The minimum Gasteiger partial charge on any atom is -0.484 e. The fourth-order valence-electron chi connectivity index (χ4n) is 2.25. The second-order valence-electron chi connectivity index (χ2n) is 5.03. The monoisotopic (exact) mass is 344 g/mol. The van der Waals surface area contributed by atoms with Crippen molar-refractivity contribution < 1.29 is 32.2 Å². The number of halogens is 3. The first kappa shape index (κ1) is 17.6. The average molecular weight is 344 g/mol. The van der Waals surface area contributed by atoms with Crippen LogP contribution in [0, 0.1) is 0 Å². The molecule has 0 bridgehead atoms. The van der Waals surface area contributed by atoms with Crippen LogP contribution in [-0.2, 0) is 9.53 Å². The maximum Gasteiger partial charge on any atom is 0.422 e. The van der Waals surface area contributed by atoms with Crippen LogP contribution in [0.3, 0.4) is 0 Å². The highest BCUT2D eigenvalue weighted by Gasteiger charge is 2.32. The number of benzene rings is 1. The minimum absolute atomic E-state index is 0.0247. The molecule has 130 valence electrons. The molecule has 0 aliphatic carbocycles. The van der Waals surface area contributed by atoms with Crippen molar-refractivity contribution in [2.45, 2.75) is 19.1 Å². The van der Waals surface area contributed by atoms with E-state index in [0.717, 1.165) is 0 Å². The topological polar surface area (TPSA) is 76.7 Å². The molecule has 6 nitrogen and oxygen atoms in total. The standard InChI is InChI=1S/C15H15F3N2O4/c1-8-11(13(21)23-2)12(20-14(22)19-8)9-3-5-10(6-4-9)24-7-15(16,17)18/h3-6,12H,7H2,1-2H3,(H2,19,20,22)/t12-/m1/s1. The molecule has 0 saturated heterocycles. The summed E-state index contributed by atoms with van der Waals surface area (Å²) in [6, 6.07) is 4.33. The van der Waals surface area contributed by atoms with Gasteiger partial charge < -0.3 is 20.1 Å². The minimum atomic E-state index is -4.43. The number of hydrogen-bond donors (Lipinski definition) is 2. The molecule has 2 rings (SSSR count). The molecule has 0 spiro atoms. The molecule has 0 radical (unpaired) electrons. The molecule has 1 atom stereocenters. The summed E-state index contributed by atoms with van der Waals surface area (Å²) in [6.45, 7) is 0.154. The number of hydrogen-bond acceptors (Lipinski definition) is 4. The fraction of sp³-hybridized carbons (Fsp3) is 0.333. The molecular weight excluding hydrogens is 329 g/mol. The lowest BCUT2D eigenvalue weighted by Crippen LogP contribution is -2.45. The SMILES string of the molecule is COC(=O)C1=C(C)NC(=O)N[C@@H]1c1ccc(OCC(F)(F)F)cc1. The Balaban J connectivity index is 2.24. The van der Waals surface area contributed by atoms with Gasteiger partial charge >= 0.3 is 18.2 Å². The van der Waals surface area contributed by atoms with Crippen LogP contribution in [0.4, 0.5) is 18.0 Å². The van der Waals surface area contributed by atoms with Gasteiger partial charge in [-0.15, -0.1) is 0 Å². The Hall–Kier alpha value is -2.71. The third-order valence-corrected chi connectivity index (χ3v) is 3.29. The van der Waals surface area contributed by atoms with Gasteiger partial charge in [-0.2, -0.15) is 13.2 Å². The number of allylic oxidation sites excluding steroid dienone is 1. The summed E-state index contributed by atoms with van der Waals surface area (Å²) < 4.78 is 45.8. The van der Waals surface area contributed by atoms with E-state index >= 15 is 0 Å². The van der Waals surface area contributed by atoms with E-state index in [-0.39, 0.29) is 11.3 Å². The van der Waals surface area contributed by atoms with E-state index in [1.54, 1.807) is 6.92 Å². The van der Waals surface area contributed by atoms with Crippen molar-refractivity contribution in [3.63, 3.8) is 0 Å². The van der Waals surface area contributed by atoms with E-state index in [9.17, 15) is 22.8 Å². The van der Waals surface area contributed by atoms with Gasteiger partial charge in [0.15, 0.2) is 6.61 Å². The molecular formula is C15H15F3N2O4. The first-order valence-corrected chi connectivity index (χ1v) is 6.87. The van der Waals surface area contributed by atoms with Gasteiger partial charge in [0.05, 0.1) is 18.7 Å². The zero-order valence-electron chi connectivity index (χ0n) is 12.9. The van der Waals surface area contributed by atoms with Gasteiger partial charge in [0.2, 0.25) is 0 Å². The van der Waals surface area contributed by atoms with Crippen molar-refractivity contribution in [3.8, 4) is 5.75 Å². The number of carbonyl (C=O) groups excluding carboxylic acids is 2. The summed E-state index contributed by atoms with van der Waals surface area (Å²) >= 11 is 0. The summed E-state index contributed by atoms with van der Waals surface area (Å²) in [4.78, 5) is 23.6. The molecule has 2 amide bonds. The van der Waals surface area contributed by atoms with E-state index in [2.05, 4.69) is 15.4 Å². The molecule has 0 fully saturated rings. The van der Waals surface area contributed by atoms with Crippen LogP contribution >= 0.6 is 0 Å². The maximum atomic E-state index is 12.1. The van der Waals surface area contributed by atoms with Crippen LogP contribution in [0.5, 0.6) is 5.75 Å². The van der Waals surface area contributed by atoms with Crippen LogP contribution in [0.1, 0.15) is 18.5 Å². The van der Waals surface area contributed by atoms with Crippen molar-refractivity contribution in [1.29, 1.82) is 0 Å². The zero-order valence-corrected chi connectivity index (χ0v) is 12.9. The van der Waals surface area contributed by atoms with Crippen molar-refractivity contribution >= 4 is 12.0 Å². The van der Waals surface area contributed by atoms with Gasteiger partial charge in [0, 0.05) is 5.70 Å². The van der Waals surface area contributed by atoms with Crippen LogP contribution in [0.2, 0.25) is 0 Å². The molecule has 1 heterocycles. The lowest BCUT2D eigenvalue weighted by Gasteiger charge is -2.27. The Labute approximate surface area is 135 Å². The first-order chi connectivity index (χ1) is 11.2. The smallest absolute Gasteiger partial charge is 0.422 e. The molecule has 24 heavy (non-hydrogen) atoms. The van der Waals surface area contributed by atoms with E-state index in [1.165, 1.54) is 31.4 Å². The van der Waals surface area contributed by atoms with E-state index < -0.39 is 30.8 Å².